The van der Waals surface area contributed by atoms with E-state index in [2.05, 4.69) is 34.6 Å². The van der Waals surface area contributed by atoms with Crippen LogP contribution < -0.4 is 15.5 Å². The van der Waals surface area contributed by atoms with Crippen molar-refractivity contribution in [1.82, 2.24) is 5.32 Å². The summed E-state index contributed by atoms with van der Waals surface area (Å²) in [4.78, 5) is 29.2. The number of anilines is 2. The highest BCUT2D eigenvalue weighted by atomic mass is 32.2. The Hall–Kier alpha value is -3.25. The highest BCUT2D eigenvalue weighted by Gasteiger charge is 2.22. The molecule has 5 nitrogen and oxygen atoms in total. The van der Waals surface area contributed by atoms with Gasteiger partial charge < -0.3 is 15.5 Å². The van der Waals surface area contributed by atoms with Crippen LogP contribution in [0.25, 0.3) is 0 Å². The predicted octanol–water partition coefficient (Wildman–Crippen LogP) is 5.63. The van der Waals surface area contributed by atoms with Crippen LogP contribution in [0.1, 0.15) is 35.7 Å². The monoisotopic (exact) mass is 487 g/mol. The van der Waals surface area contributed by atoms with E-state index in [0.29, 0.717) is 29.5 Å². The average Bonchev–Trinajstić information content (AvgIpc) is 2.89. The van der Waals surface area contributed by atoms with Gasteiger partial charge in [-0.05, 0) is 61.1 Å². The smallest absolute Gasteiger partial charge is 0.253 e. The second-order valence-corrected chi connectivity index (χ2v) is 10.1. The van der Waals surface area contributed by atoms with Crippen molar-refractivity contribution in [2.45, 2.75) is 31.1 Å². The predicted molar refractivity (Wildman–Crippen MR) is 145 cm³/mol. The Labute approximate surface area is 212 Å². The SMILES string of the molecule is CC1CCN(c2ccc(NC(=O)CSc3ccccc3)cc2C(=O)NCCc2ccccc2)CC1. The largest absolute Gasteiger partial charge is 0.371 e. The molecule has 0 aromatic heterocycles. The number of benzene rings is 3. The molecule has 3 aromatic rings. The summed E-state index contributed by atoms with van der Waals surface area (Å²) in [6.45, 7) is 4.71. The van der Waals surface area contributed by atoms with Crippen molar-refractivity contribution in [1.29, 1.82) is 0 Å². The van der Waals surface area contributed by atoms with Crippen LogP contribution in [0.4, 0.5) is 11.4 Å². The highest BCUT2D eigenvalue weighted by Crippen LogP contribution is 2.29. The molecule has 0 atom stereocenters. The van der Waals surface area contributed by atoms with Gasteiger partial charge in [0.1, 0.15) is 0 Å². The first-order valence-corrected chi connectivity index (χ1v) is 13.3. The van der Waals surface area contributed by atoms with Crippen LogP contribution in [-0.2, 0) is 11.2 Å². The molecule has 0 unspecified atom stereocenters. The minimum atomic E-state index is -0.107. The topological polar surface area (TPSA) is 61.4 Å². The van der Waals surface area contributed by atoms with Crippen molar-refractivity contribution < 1.29 is 9.59 Å². The molecule has 6 heteroatoms. The van der Waals surface area contributed by atoms with Gasteiger partial charge in [-0.15, -0.1) is 11.8 Å². The van der Waals surface area contributed by atoms with Crippen LogP contribution in [0.2, 0.25) is 0 Å². The van der Waals surface area contributed by atoms with Gasteiger partial charge in [0.05, 0.1) is 11.3 Å². The molecule has 1 saturated heterocycles. The lowest BCUT2D eigenvalue weighted by Gasteiger charge is -2.33. The van der Waals surface area contributed by atoms with Gasteiger partial charge in [-0.3, -0.25) is 9.59 Å². The lowest BCUT2D eigenvalue weighted by atomic mass is 9.97. The summed E-state index contributed by atoms with van der Waals surface area (Å²) in [5, 5.41) is 6.05. The maximum atomic E-state index is 13.3. The normalized spacial score (nSPS) is 13.9. The number of piperidine rings is 1. The van der Waals surface area contributed by atoms with Gasteiger partial charge in [0, 0.05) is 35.9 Å². The maximum absolute atomic E-state index is 13.3. The Bertz CT molecular complexity index is 1110. The molecule has 0 aliphatic carbocycles. The minimum absolute atomic E-state index is 0.0890. The van der Waals surface area contributed by atoms with Gasteiger partial charge in [0.25, 0.3) is 5.91 Å². The standard InChI is InChI=1S/C29H33N3O2S/c1-22-15-18-32(19-16-22)27-13-12-24(31-28(33)21-35-25-10-6-3-7-11-25)20-26(27)29(34)30-17-14-23-8-4-2-5-9-23/h2-13,20,22H,14-19,21H2,1H3,(H,30,34)(H,31,33). The number of hydrogen-bond acceptors (Lipinski definition) is 4. The van der Waals surface area contributed by atoms with E-state index in [1.165, 1.54) is 17.3 Å². The third-order valence-corrected chi connectivity index (χ3v) is 7.32. The van der Waals surface area contributed by atoms with E-state index in [1.54, 1.807) is 0 Å². The molecule has 182 valence electrons. The van der Waals surface area contributed by atoms with E-state index in [9.17, 15) is 9.59 Å². The number of rotatable bonds is 9. The number of thioether (sulfide) groups is 1. The summed E-state index contributed by atoms with van der Waals surface area (Å²) < 4.78 is 0. The lowest BCUT2D eigenvalue weighted by molar-refractivity contribution is -0.113. The second kappa shape index (κ2) is 12.5. The van der Waals surface area contributed by atoms with Crippen molar-refractivity contribution >= 4 is 35.0 Å². The Morgan fingerprint density at radius 3 is 2.34 bits per heavy atom. The molecule has 1 heterocycles. The zero-order valence-electron chi connectivity index (χ0n) is 20.2. The van der Waals surface area contributed by atoms with Crippen LogP contribution in [-0.4, -0.2) is 37.2 Å². The van der Waals surface area contributed by atoms with Crippen molar-refractivity contribution in [3.63, 3.8) is 0 Å². The van der Waals surface area contributed by atoms with Crippen LogP contribution in [0.15, 0.2) is 83.8 Å². The highest BCUT2D eigenvalue weighted by molar-refractivity contribution is 8.00. The third kappa shape index (κ3) is 7.36. The molecular formula is C29H33N3O2S. The first-order valence-electron chi connectivity index (χ1n) is 12.3. The molecule has 0 radical (unpaired) electrons. The molecule has 2 N–H and O–H groups in total. The Kier molecular flexibility index (Phi) is 8.85. The summed E-state index contributed by atoms with van der Waals surface area (Å²) in [5.41, 5.74) is 3.38. The molecule has 1 aliphatic heterocycles. The fourth-order valence-corrected chi connectivity index (χ4v) is 4.96. The summed E-state index contributed by atoms with van der Waals surface area (Å²) in [7, 11) is 0. The third-order valence-electron chi connectivity index (χ3n) is 6.30. The number of carbonyl (C=O) groups is 2. The summed E-state index contributed by atoms with van der Waals surface area (Å²) >= 11 is 1.49. The number of nitrogens with one attached hydrogen (secondary N) is 2. The molecule has 0 saturated carbocycles. The van der Waals surface area contributed by atoms with Crippen molar-refractivity contribution in [2.24, 2.45) is 5.92 Å². The van der Waals surface area contributed by atoms with Gasteiger partial charge in [-0.25, -0.2) is 0 Å². The first-order chi connectivity index (χ1) is 17.1. The number of hydrogen-bond donors (Lipinski definition) is 2. The molecule has 0 bridgehead atoms. The van der Waals surface area contributed by atoms with Gasteiger partial charge in [0.15, 0.2) is 0 Å². The molecule has 35 heavy (non-hydrogen) atoms. The molecule has 2 amide bonds. The molecule has 0 spiro atoms. The fraction of sp³-hybridized carbons (Fsp3) is 0.310. The quantitative estimate of drug-likeness (QED) is 0.384. The average molecular weight is 488 g/mol. The Morgan fingerprint density at radius 2 is 1.63 bits per heavy atom. The van der Waals surface area contributed by atoms with E-state index in [4.69, 9.17) is 0 Å². The van der Waals surface area contributed by atoms with Crippen LogP contribution in [0.3, 0.4) is 0 Å². The summed E-state index contributed by atoms with van der Waals surface area (Å²) in [6, 6.07) is 25.7. The van der Waals surface area contributed by atoms with Crippen molar-refractivity contribution in [2.75, 3.05) is 35.6 Å². The van der Waals surface area contributed by atoms with Gasteiger partial charge in [-0.2, -0.15) is 0 Å². The van der Waals surface area contributed by atoms with Crippen LogP contribution in [0.5, 0.6) is 0 Å². The molecule has 1 aliphatic rings. The molecule has 3 aromatic carbocycles. The van der Waals surface area contributed by atoms with Crippen LogP contribution in [0, 0.1) is 5.92 Å². The Morgan fingerprint density at radius 1 is 0.943 bits per heavy atom. The summed E-state index contributed by atoms with van der Waals surface area (Å²) in [5.74, 6) is 0.821. The lowest BCUT2D eigenvalue weighted by Crippen LogP contribution is -2.35. The zero-order valence-corrected chi connectivity index (χ0v) is 21.0. The van der Waals surface area contributed by atoms with Crippen LogP contribution >= 0.6 is 11.8 Å². The van der Waals surface area contributed by atoms with Gasteiger partial charge in [0.2, 0.25) is 5.91 Å². The molecule has 1 fully saturated rings. The number of nitrogens with zero attached hydrogens (tertiary/aromatic N) is 1. The van der Waals surface area contributed by atoms with E-state index in [1.807, 2.05) is 66.7 Å². The first kappa shape index (κ1) is 24.9. The van der Waals surface area contributed by atoms with Crippen molar-refractivity contribution in [3.05, 3.63) is 90.0 Å². The fourth-order valence-electron chi connectivity index (χ4n) is 4.24. The zero-order chi connectivity index (χ0) is 24.5. The number of carbonyl (C=O) groups excluding carboxylic acids is 2. The van der Waals surface area contributed by atoms with E-state index < -0.39 is 0 Å². The maximum Gasteiger partial charge on any atom is 0.253 e. The van der Waals surface area contributed by atoms with Gasteiger partial charge in [-0.1, -0.05) is 55.5 Å². The van der Waals surface area contributed by atoms with E-state index in [-0.39, 0.29) is 11.8 Å². The number of amides is 2. The van der Waals surface area contributed by atoms with E-state index >= 15 is 0 Å². The van der Waals surface area contributed by atoms with Crippen molar-refractivity contribution in [3.8, 4) is 0 Å². The van der Waals surface area contributed by atoms with Gasteiger partial charge >= 0.3 is 0 Å². The van der Waals surface area contributed by atoms with E-state index in [0.717, 1.165) is 42.9 Å². The summed E-state index contributed by atoms with van der Waals surface area (Å²) in [6.07, 6.45) is 3.00. The second-order valence-electron chi connectivity index (χ2n) is 9.04. The Balaban J connectivity index is 1.44. The molecule has 4 rings (SSSR count). The minimum Gasteiger partial charge on any atom is -0.371 e. The molecular weight excluding hydrogens is 454 g/mol.